The van der Waals surface area contributed by atoms with Crippen molar-refractivity contribution in [3.63, 3.8) is 0 Å². The van der Waals surface area contributed by atoms with Gasteiger partial charge in [-0.15, -0.1) is 0 Å². The zero-order valence-electron chi connectivity index (χ0n) is 12.0. The van der Waals surface area contributed by atoms with Crippen molar-refractivity contribution in [1.29, 1.82) is 0 Å². The van der Waals surface area contributed by atoms with Crippen LogP contribution in [0.4, 0.5) is 0 Å². The zero-order valence-corrected chi connectivity index (χ0v) is 12.0. The van der Waals surface area contributed by atoms with Crippen LogP contribution >= 0.6 is 0 Å². The molecule has 1 fully saturated rings. The van der Waals surface area contributed by atoms with Crippen LogP contribution in [-0.4, -0.2) is 24.5 Å². The molecule has 2 heteroatoms. The summed E-state index contributed by atoms with van der Waals surface area (Å²) in [5.41, 5.74) is 3.32. The average molecular weight is 246 g/mol. The highest BCUT2D eigenvalue weighted by Gasteiger charge is 2.28. The predicted molar refractivity (Wildman–Crippen MR) is 77.5 cm³/mol. The number of nitrogens with zero attached hydrogens (tertiary/aromatic N) is 1. The van der Waals surface area contributed by atoms with Gasteiger partial charge >= 0.3 is 0 Å². The van der Waals surface area contributed by atoms with Crippen molar-refractivity contribution in [2.24, 2.45) is 5.41 Å². The molecule has 1 saturated heterocycles. The minimum absolute atomic E-state index is 0.505. The van der Waals surface area contributed by atoms with Crippen molar-refractivity contribution in [2.45, 2.75) is 40.3 Å². The van der Waals surface area contributed by atoms with Crippen molar-refractivity contribution >= 4 is 0 Å². The van der Waals surface area contributed by atoms with Crippen LogP contribution in [0.3, 0.4) is 0 Å². The van der Waals surface area contributed by atoms with E-state index in [1.807, 2.05) is 0 Å². The first-order valence-electron chi connectivity index (χ1n) is 7.10. The van der Waals surface area contributed by atoms with Crippen LogP contribution in [0.15, 0.2) is 24.3 Å². The Kier molecular flexibility index (Phi) is 4.41. The summed E-state index contributed by atoms with van der Waals surface area (Å²) in [5.74, 6) is 0. The number of hydrogen-bond acceptors (Lipinski definition) is 2. The number of nitrogens with one attached hydrogen (secondary N) is 1. The molecule has 18 heavy (non-hydrogen) atoms. The van der Waals surface area contributed by atoms with Crippen LogP contribution in [0, 0.1) is 5.41 Å². The van der Waals surface area contributed by atoms with Gasteiger partial charge in [-0.25, -0.2) is 0 Å². The molecular weight excluding hydrogens is 220 g/mol. The second-order valence-electron chi connectivity index (χ2n) is 6.22. The maximum Gasteiger partial charge on any atom is 0.0233 e. The largest absolute Gasteiger partial charge is 0.313 e. The van der Waals surface area contributed by atoms with Gasteiger partial charge in [0.1, 0.15) is 0 Å². The molecule has 1 aromatic carbocycles. The lowest BCUT2D eigenvalue weighted by molar-refractivity contribution is 0.284. The van der Waals surface area contributed by atoms with Crippen LogP contribution in [0.2, 0.25) is 0 Å². The lowest BCUT2D eigenvalue weighted by Gasteiger charge is -2.19. The van der Waals surface area contributed by atoms with Crippen LogP contribution in [-0.2, 0) is 13.1 Å². The highest BCUT2D eigenvalue weighted by molar-refractivity contribution is 5.22. The molecule has 0 spiro atoms. The van der Waals surface area contributed by atoms with Crippen molar-refractivity contribution in [1.82, 2.24) is 10.2 Å². The van der Waals surface area contributed by atoms with E-state index in [1.165, 1.54) is 30.6 Å². The van der Waals surface area contributed by atoms with Gasteiger partial charge in [0, 0.05) is 19.6 Å². The first kappa shape index (κ1) is 13.6. The van der Waals surface area contributed by atoms with Gasteiger partial charge in [-0.3, -0.25) is 4.90 Å². The van der Waals surface area contributed by atoms with Gasteiger partial charge in [0.25, 0.3) is 0 Å². The third-order valence-corrected chi connectivity index (χ3v) is 3.76. The highest BCUT2D eigenvalue weighted by atomic mass is 15.1. The van der Waals surface area contributed by atoms with Crippen molar-refractivity contribution in [2.75, 3.05) is 19.6 Å². The average Bonchev–Trinajstić information content (AvgIpc) is 2.68. The molecule has 100 valence electrons. The zero-order chi connectivity index (χ0) is 13.0. The van der Waals surface area contributed by atoms with Crippen LogP contribution in [0.5, 0.6) is 0 Å². The summed E-state index contributed by atoms with van der Waals surface area (Å²) in [6.45, 7) is 12.5. The number of rotatable bonds is 5. The second kappa shape index (κ2) is 5.85. The molecular formula is C16H26N2. The smallest absolute Gasteiger partial charge is 0.0233 e. The molecule has 0 aliphatic carbocycles. The summed E-state index contributed by atoms with van der Waals surface area (Å²) in [4.78, 5) is 2.57. The van der Waals surface area contributed by atoms with Crippen molar-refractivity contribution in [3.05, 3.63) is 35.4 Å². The quantitative estimate of drug-likeness (QED) is 0.859. The lowest BCUT2D eigenvalue weighted by atomic mass is 9.93. The molecule has 0 unspecified atom stereocenters. The lowest BCUT2D eigenvalue weighted by Crippen LogP contribution is -2.22. The molecule has 0 amide bonds. The third-order valence-electron chi connectivity index (χ3n) is 3.76. The monoisotopic (exact) mass is 246 g/mol. The second-order valence-corrected chi connectivity index (χ2v) is 6.22. The first-order chi connectivity index (χ1) is 8.59. The Morgan fingerprint density at radius 3 is 2.39 bits per heavy atom. The summed E-state index contributed by atoms with van der Waals surface area (Å²) >= 11 is 0. The fourth-order valence-electron chi connectivity index (χ4n) is 2.65. The van der Waals surface area contributed by atoms with Gasteiger partial charge in [0.15, 0.2) is 0 Å². The normalized spacial score (nSPS) is 19.3. The van der Waals surface area contributed by atoms with E-state index in [1.54, 1.807) is 0 Å². The Morgan fingerprint density at radius 1 is 1.17 bits per heavy atom. The Balaban J connectivity index is 1.87. The number of benzene rings is 1. The van der Waals surface area contributed by atoms with Crippen LogP contribution < -0.4 is 5.32 Å². The van der Waals surface area contributed by atoms with E-state index in [0.717, 1.165) is 19.6 Å². The molecule has 0 atom stereocenters. The van der Waals surface area contributed by atoms with Gasteiger partial charge in [-0.05, 0) is 36.1 Å². The maximum absolute atomic E-state index is 3.36. The molecule has 2 nitrogen and oxygen atoms in total. The summed E-state index contributed by atoms with van der Waals surface area (Å²) < 4.78 is 0. The standard InChI is InChI=1S/C16H26N2/c1-4-17-11-14-5-7-15(8-6-14)12-18-10-9-16(2,3)13-18/h5-8,17H,4,9-13H2,1-3H3. The summed E-state index contributed by atoms with van der Waals surface area (Å²) in [6.07, 6.45) is 1.32. The molecule has 0 radical (unpaired) electrons. The van der Waals surface area contributed by atoms with E-state index in [9.17, 15) is 0 Å². The molecule has 0 aromatic heterocycles. The maximum atomic E-state index is 3.36. The van der Waals surface area contributed by atoms with Crippen molar-refractivity contribution in [3.8, 4) is 0 Å². The van der Waals surface area contributed by atoms with E-state index in [0.29, 0.717) is 5.41 Å². The van der Waals surface area contributed by atoms with Crippen LogP contribution in [0.1, 0.15) is 38.3 Å². The molecule has 1 aromatic rings. The molecule has 1 aliphatic heterocycles. The number of likely N-dealkylation sites (tertiary alicyclic amines) is 1. The highest BCUT2D eigenvalue weighted by Crippen LogP contribution is 2.29. The third kappa shape index (κ3) is 3.82. The van der Waals surface area contributed by atoms with Gasteiger partial charge < -0.3 is 5.32 Å². The molecule has 2 rings (SSSR count). The fourth-order valence-corrected chi connectivity index (χ4v) is 2.65. The Morgan fingerprint density at radius 2 is 1.83 bits per heavy atom. The van der Waals surface area contributed by atoms with Gasteiger partial charge in [0.05, 0.1) is 0 Å². The first-order valence-corrected chi connectivity index (χ1v) is 7.10. The summed E-state index contributed by atoms with van der Waals surface area (Å²) in [7, 11) is 0. The predicted octanol–water partition coefficient (Wildman–Crippen LogP) is 3.03. The topological polar surface area (TPSA) is 15.3 Å². The Hall–Kier alpha value is -0.860. The molecule has 0 saturated carbocycles. The Bertz CT molecular complexity index is 367. The fraction of sp³-hybridized carbons (Fsp3) is 0.625. The number of hydrogen-bond donors (Lipinski definition) is 1. The molecule has 1 N–H and O–H groups in total. The van der Waals surface area contributed by atoms with E-state index in [-0.39, 0.29) is 0 Å². The minimum atomic E-state index is 0.505. The Labute approximate surface area is 111 Å². The molecule has 0 bridgehead atoms. The van der Waals surface area contributed by atoms with E-state index >= 15 is 0 Å². The van der Waals surface area contributed by atoms with Crippen LogP contribution in [0.25, 0.3) is 0 Å². The van der Waals surface area contributed by atoms with Gasteiger partial charge in [-0.2, -0.15) is 0 Å². The molecule has 1 heterocycles. The van der Waals surface area contributed by atoms with E-state index in [4.69, 9.17) is 0 Å². The van der Waals surface area contributed by atoms with Gasteiger partial charge in [-0.1, -0.05) is 45.0 Å². The summed E-state index contributed by atoms with van der Waals surface area (Å²) in [6, 6.07) is 9.05. The minimum Gasteiger partial charge on any atom is -0.313 e. The van der Waals surface area contributed by atoms with E-state index in [2.05, 4.69) is 55.3 Å². The van der Waals surface area contributed by atoms with E-state index < -0.39 is 0 Å². The molecule has 1 aliphatic rings. The van der Waals surface area contributed by atoms with Gasteiger partial charge in [0.2, 0.25) is 0 Å². The SMILES string of the molecule is CCNCc1ccc(CN2CCC(C)(C)C2)cc1. The van der Waals surface area contributed by atoms with Crippen molar-refractivity contribution < 1.29 is 0 Å². The summed E-state index contributed by atoms with van der Waals surface area (Å²) in [5, 5.41) is 3.36.